The summed E-state index contributed by atoms with van der Waals surface area (Å²) >= 11 is 0. The Morgan fingerprint density at radius 1 is 0.909 bits per heavy atom. The van der Waals surface area contributed by atoms with E-state index in [-0.39, 0.29) is 11.3 Å². The summed E-state index contributed by atoms with van der Waals surface area (Å²) in [6, 6.07) is 4.87. The van der Waals surface area contributed by atoms with Gasteiger partial charge in [-0.3, -0.25) is 0 Å². The standard InChI is InChI=1S/C19H30O3/c1-2-3-4-5-6-7-8-9-10-11-12-16-13-14-17(19(21)22)18(20)15-16/h13-15,20H,2-12H2,1H3,(H,21,22). The first-order chi connectivity index (χ1) is 10.6. The number of benzene rings is 1. The Hall–Kier alpha value is -1.51. The SMILES string of the molecule is CCCCCCCCCCCCc1ccc(C(=O)O)c(O)c1. The first kappa shape index (κ1) is 18.5. The Bertz CT molecular complexity index is 440. The highest BCUT2D eigenvalue weighted by molar-refractivity contribution is 5.90. The fourth-order valence-corrected chi connectivity index (χ4v) is 2.73. The zero-order valence-corrected chi connectivity index (χ0v) is 13.8. The summed E-state index contributed by atoms with van der Waals surface area (Å²) in [6.07, 6.45) is 13.9. The van der Waals surface area contributed by atoms with E-state index in [1.807, 2.05) is 0 Å². The zero-order chi connectivity index (χ0) is 16.2. The fourth-order valence-electron chi connectivity index (χ4n) is 2.73. The first-order valence-electron chi connectivity index (χ1n) is 8.70. The van der Waals surface area contributed by atoms with Crippen LogP contribution in [-0.2, 0) is 6.42 Å². The maximum absolute atomic E-state index is 10.8. The van der Waals surface area contributed by atoms with E-state index in [2.05, 4.69) is 6.92 Å². The van der Waals surface area contributed by atoms with Gasteiger partial charge in [-0.05, 0) is 30.5 Å². The molecule has 1 aromatic rings. The number of aromatic hydroxyl groups is 1. The van der Waals surface area contributed by atoms with E-state index in [0.717, 1.165) is 18.4 Å². The van der Waals surface area contributed by atoms with Crippen LogP contribution in [0.2, 0.25) is 0 Å². The lowest BCUT2D eigenvalue weighted by molar-refractivity contribution is 0.0693. The zero-order valence-electron chi connectivity index (χ0n) is 13.8. The Labute approximate surface area is 134 Å². The van der Waals surface area contributed by atoms with Crippen LogP contribution in [0.1, 0.15) is 87.1 Å². The third kappa shape index (κ3) is 7.48. The molecule has 124 valence electrons. The van der Waals surface area contributed by atoms with Crippen LogP contribution in [0.3, 0.4) is 0 Å². The molecule has 0 saturated heterocycles. The van der Waals surface area contributed by atoms with Crippen LogP contribution in [0.4, 0.5) is 0 Å². The second kappa shape index (κ2) is 11.1. The average molecular weight is 306 g/mol. The van der Waals surface area contributed by atoms with Crippen molar-refractivity contribution in [3.8, 4) is 5.75 Å². The molecule has 0 aliphatic heterocycles. The molecule has 0 heterocycles. The first-order valence-corrected chi connectivity index (χ1v) is 8.70. The number of aryl methyl sites for hydroxylation is 1. The molecular weight excluding hydrogens is 276 g/mol. The number of carboxylic acids is 1. The number of carbonyl (C=O) groups is 1. The molecule has 0 fully saturated rings. The molecule has 1 rings (SSSR count). The highest BCUT2D eigenvalue weighted by atomic mass is 16.4. The second-order valence-electron chi connectivity index (χ2n) is 6.09. The van der Waals surface area contributed by atoms with Gasteiger partial charge in [0.1, 0.15) is 11.3 Å². The topological polar surface area (TPSA) is 57.5 Å². The summed E-state index contributed by atoms with van der Waals surface area (Å²) in [4.78, 5) is 10.8. The third-order valence-electron chi connectivity index (χ3n) is 4.11. The lowest BCUT2D eigenvalue weighted by atomic mass is 10.0. The van der Waals surface area contributed by atoms with Crippen molar-refractivity contribution < 1.29 is 15.0 Å². The van der Waals surface area contributed by atoms with Gasteiger partial charge in [0.2, 0.25) is 0 Å². The summed E-state index contributed by atoms with van der Waals surface area (Å²) in [5.74, 6) is -1.21. The molecule has 0 bridgehead atoms. The highest BCUT2D eigenvalue weighted by Crippen LogP contribution is 2.20. The Morgan fingerprint density at radius 3 is 1.95 bits per heavy atom. The van der Waals surface area contributed by atoms with Crippen molar-refractivity contribution in [2.75, 3.05) is 0 Å². The Morgan fingerprint density at radius 2 is 1.45 bits per heavy atom. The minimum atomic E-state index is -1.08. The summed E-state index contributed by atoms with van der Waals surface area (Å²) in [7, 11) is 0. The van der Waals surface area contributed by atoms with Gasteiger partial charge >= 0.3 is 5.97 Å². The smallest absolute Gasteiger partial charge is 0.339 e. The molecule has 0 aliphatic rings. The van der Waals surface area contributed by atoms with Crippen LogP contribution in [0, 0.1) is 0 Å². The summed E-state index contributed by atoms with van der Waals surface area (Å²) in [6.45, 7) is 2.24. The Balaban J connectivity index is 2.07. The van der Waals surface area contributed by atoms with Crippen molar-refractivity contribution in [3.05, 3.63) is 29.3 Å². The van der Waals surface area contributed by atoms with Gasteiger partial charge in [0.05, 0.1) is 0 Å². The normalized spacial score (nSPS) is 10.8. The predicted octanol–water partition coefficient (Wildman–Crippen LogP) is 5.55. The van der Waals surface area contributed by atoms with Crippen molar-refractivity contribution in [1.82, 2.24) is 0 Å². The molecule has 3 nitrogen and oxygen atoms in total. The fraction of sp³-hybridized carbons (Fsp3) is 0.632. The number of rotatable bonds is 12. The van der Waals surface area contributed by atoms with Crippen molar-refractivity contribution in [1.29, 1.82) is 0 Å². The molecule has 2 N–H and O–H groups in total. The van der Waals surface area contributed by atoms with E-state index < -0.39 is 5.97 Å². The number of phenols is 1. The molecule has 0 amide bonds. The summed E-state index contributed by atoms with van der Waals surface area (Å²) in [5.41, 5.74) is 0.994. The van der Waals surface area contributed by atoms with Crippen LogP contribution in [0.5, 0.6) is 5.75 Å². The van der Waals surface area contributed by atoms with Gasteiger partial charge in [-0.1, -0.05) is 70.8 Å². The lowest BCUT2D eigenvalue weighted by Gasteiger charge is -2.05. The maximum atomic E-state index is 10.8. The van der Waals surface area contributed by atoms with Gasteiger partial charge in [0.25, 0.3) is 0 Å². The van der Waals surface area contributed by atoms with Gasteiger partial charge < -0.3 is 10.2 Å². The third-order valence-corrected chi connectivity index (χ3v) is 4.11. The molecule has 3 heteroatoms. The molecule has 0 aliphatic carbocycles. The average Bonchev–Trinajstić information content (AvgIpc) is 2.49. The van der Waals surface area contributed by atoms with Gasteiger partial charge in [-0.25, -0.2) is 4.79 Å². The van der Waals surface area contributed by atoms with Gasteiger partial charge in [-0.2, -0.15) is 0 Å². The molecular formula is C19H30O3. The van der Waals surface area contributed by atoms with Gasteiger partial charge in [-0.15, -0.1) is 0 Å². The molecule has 1 aromatic carbocycles. The second-order valence-corrected chi connectivity index (χ2v) is 6.09. The van der Waals surface area contributed by atoms with E-state index in [4.69, 9.17) is 5.11 Å². The van der Waals surface area contributed by atoms with E-state index in [0.29, 0.717) is 0 Å². The van der Waals surface area contributed by atoms with E-state index in [1.54, 1.807) is 12.1 Å². The summed E-state index contributed by atoms with van der Waals surface area (Å²) < 4.78 is 0. The van der Waals surface area contributed by atoms with E-state index in [1.165, 1.54) is 63.9 Å². The molecule has 0 atom stereocenters. The van der Waals surface area contributed by atoms with Crippen LogP contribution in [-0.4, -0.2) is 16.2 Å². The van der Waals surface area contributed by atoms with Crippen LogP contribution in [0.25, 0.3) is 0 Å². The van der Waals surface area contributed by atoms with Crippen LogP contribution >= 0.6 is 0 Å². The van der Waals surface area contributed by atoms with Crippen molar-refractivity contribution in [2.24, 2.45) is 0 Å². The van der Waals surface area contributed by atoms with Crippen molar-refractivity contribution >= 4 is 5.97 Å². The Kier molecular flexibility index (Phi) is 9.36. The minimum Gasteiger partial charge on any atom is -0.507 e. The lowest BCUT2D eigenvalue weighted by Crippen LogP contribution is -1.97. The molecule has 0 spiro atoms. The van der Waals surface area contributed by atoms with E-state index >= 15 is 0 Å². The number of hydrogen-bond donors (Lipinski definition) is 2. The molecule has 0 aromatic heterocycles. The van der Waals surface area contributed by atoms with Gasteiger partial charge in [0.15, 0.2) is 0 Å². The monoisotopic (exact) mass is 306 g/mol. The van der Waals surface area contributed by atoms with E-state index in [9.17, 15) is 9.90 Å². The highest BCUT2D eigenvalue weighted by Gasteiger charge is 2.09. The minimum absolute atomic E-state index is 0.0215. The summed E-state index contributed by atoms with van der Waals surface area (Å²) in [5, 5.41) is 18.5. The van der Waals surface area contributed by atoms with Gasteiger partial charge in [0, 0.05) is 0 Å². The molecule has 22 heavy (non-hydrogen) atoms. The van der Waals surface area contributed by atoms with Crippen LogP contribution < -0.4 is 0 Å². The van der Waals surface area contributed by atoms with Crippen molar-refractivity contribution in [2.45, 2.75) is 77.6 Å². The number of aromatic carboxylic acids is 1. The maximum Gasteiger partial charge on any atom is 0.339 e. The predicted molar refractivity (Wildman–Crippen MR) is 90.6 cm³/mol. The largest absolute Gasteiger partial charge is 0.507 e. The number of carboxylic acid groups (broad SMARTS) is 1. The molecule has 0 saturated carbocycles. The van der Waals surface area contributed by atoms with Crippen LogP contribution in [0.15, 0.2) is 18.2 Å². The number of unbranched alkanes of at least 4 members (excludes halogenated alkanes) is 9. The quantitative estimate of drug-likeness (QED) is 0.497. The molecule has 0 radical (unpaired) electrons. The van der Waals surface area contributed by atoms with Crippen molar-refractivity contribution in [3.63, 3.8) is 0 Å². The molecule has 0 unspecified atom stereocenters. The number of hydrogen-bond acceptors (Lipinski definition) is 2.